The average Bonchev–Trinajstić information content (AvgIpc) is 2.82. The Bertz CT molecular complexity index is 956. The molecule has 0 radical (unpaired) electrons. The molecule has 0 heterocycles. The van der Waals surface area contributed by atoms with Crippen LogP contribution in [0.2, 0.25) is 0 Å². The highest BCUT2D eigenvalue weighted by atomic mass is 16.5. The van der Waals surface area contributed by atoms with Crippen LogP contribution in [0.4, 0.5) is 11.4 Å². The summed E-state index contributed by atoms with van der Waals surface area (Å²) in [7, 11) is 0. The summed E-state index contributed by atoms with van der Waals surface area (Å²) in [6.07, 6.45) is 12.2. The monoisotopic (exact) mass is 464 g/mol. The van der Waals surface area contributed by atoms with Crippen molar-refractivity contribution in [1.82, 2.24) is 0 Å². The van der Waals surface area contributed by atoms with Gasteiger partial charge in [0.15, 0.2) is 0 Å². The van der Waals surface area contributed by atoms with Crippen molar-refractivity contribution in [2.75, 3.05) is 11.5 Å². The number of nitrogen functional groups attached to an aromatic ring is 2. The van der Waals surface area contributed by atoms with Crippen molar-refractivity contribution in [2.24, 2.45) is 11.8 Å². The van der Waals surface area contributed by atoms with Crippen LogP contribution in [0.25, 0.3) is 6.08 Å². The number of benzene rings is 2. The number of carbonyl (C=O) groups is 2. The minimum absolute atomic E-state index is 0.00733. The summed E-state index contributed by atoms with van der Waals surface area (Å²) in [6, 6.07) is 12.2. The van der Waals surface area contributed by atoms with E-state index in [4.69, 9.17) is 20.9 Å². The number of rotatable bonds is 10. The lowest BCUT2D eigenvalue weighted by molar-refractivity contribution is -0.140. The summed E-state index contributed by atoms with van der Waals surface area (Å²) in [6.45, 7) is 2.32. The molecular weight excluding hydrogens is 428 g/mol. The number of unbranched alkanes of at least 4 members (excludes halogenated alkanes) is 2. The number of nitrogens with two attached hydrogens (primary N) is 2. The first kappa shape index (κ1) is 25.3. The number of hydrogen-bond acceptors (Lipinski definition) is 6. The molecule has 0 unspecified atom stereocenters. The van der Waals surface area contributed by atoms with Gasteiger partial charge in [0.1, 0.15) is 12.4 Å². The first-order valence-electron chi connectivity index (χ1n) is 12.2. The Balaban J connectivity index is 1.41. The molecule has 1 fully saturated rings. The van der Waals surface area contributed by atoms with E-state index in [9.17, 15) is 9.59 Å². The largest absolute Gasteiger partial charge is 0.458 e. The van der Waals surface area contributed by atoms with Gasteiger partial charge in [-0.3, -0.25) is 4.79 Å². The predicted molar refractivity (Wildman–Crippen MR) is 136 cm³/mol. The fraction of sp³-hybridized carbons (Fsp3) is 0.429. The third-order valence-corrected chi connectivity index (χ3v) is 6.32. The molecule has 0 saturated heterocycles. The van der Waals surface area contributed by atoms with Crippen molar-refractivity contribution in [3.8, 4) is 5.75 Å². The summed E-state index contributed by atoms with van der Waals surface area (Å²) in [5, 5.41) is 0. The molecule has 1 aliphatic rings. The zero-order chi connectivity index (χ0) is 24.3. The first-order chi connectivity index (χ1) is 16.4. The molecule has 0 amide bonds. The summed E-state index contributed by atoms with van der Waals surface area (Å²) in [5.74, 6) is 0.668. The number of ether oxygens (including phenoxy) is 2. The maximum Gasteiger partial charge on any atom is 0.331 e. The van der Waals surface area contributed by atoms with E-state index in [-0.39, 0.29) is 18.5 Å². The highest BCUT2D eigenvalue weighted by Gasteiger charge is 2.27. The van der Waals surface area contributed by atoms with Crippen LogP contribution in [0, 0.1) is 11.8 Å². The SMILES string of the molecule is CCCCCC1CCC(C(=O)Oc2ccc(C=CC(=O)OCc3cc(N)cc(N)c3)cc2)CC1. The zero-order valence-corrected chi connectivity index (χ0v) is 20.0. The smallest absolute Gasteiger partial charge is 0.331 e. The van der Waals surface area contributed by atoms with Crippen LogP contribution < -0.4 is 16.2 Å². The van der Waals surface area contributed by atoms with Gasteiger partial charge >= 0.3 is 11.9 Å². The highest BCUT2D eigenvalue weighted by molar-refractivity contribution is 5.87. The van der Waals surface area contributed by atoms with E-state index in [1.165, 1.54) is 31.8 Å². The van der Waals surface area contributed by atoms with E-state index >= 15 is 0 Å². The third-order valence-electron chi connectivity index (χ3n) is 6.32. The van der Waals surface area contributed by atoms with Crippen LogP contribution in [0.15, 0.2) is 48.5 Å². The van der Waals surface area contributed by atoms with Gasteiger partial charge in [-0.1, -0.05) is 44.7 Å². The van der Waals surface area contributed by atoms with E-state index in [0.717, 1.165) is 42.7 Å². The van der Waals surface area contributed by atoms with Crippen LogP contribution in [0.3, 0.4) is 0 Å². The summed E-state index contributed by atoms with van der Waals surface area (Å²) >= 11 is 0. The molecule has 0 atom stereocenters. The molecule has 0 aromatic heterocycles. The predicted octanol–water partition coefficient (Wildman–Crippen LogP) is 5.90. The van der Waals surface area contributed by atoms with Crippen molar-refractivity contribution in [3.63, 3.8) is 0 Å². The molecule has 2 aromatic carbocycles. The molecule has 4 N–H and O–H groups in total. The molecule has 0 spiro atoms. The van der Waals surface area contributed by atoms with Crippen molar-refractivity contribution in [2.45, 2.75) is 64.9 Å². The number of esters is 2. The third kappa shape index (κ3) is 8.25. The Morgan fingerprint density at radius 1 is 0.971 bits per heavy atom. The van der Waals surface area contributed by atoms with Crippen molar-refractivity contribution in [3.05, 3.63) is 59.7 Å². The molecule has 182 valence electrons. The lowest BCUT2D eigenvalue weighted by Crippen LogP contribution is -2.25. The second kappa shape index (κ2) is 12.8. The second-order valence-corrected chi connectivity index (χ2v) is 9.15. The fourth-order valence-corrected chi connectivity index (χ4v) is 4.41. The van der Waals surface area contributed by atoms with Gasteiger partial charge in [-0.25, -0.2) is 4.79 Å². The topological polar surface area (TPSA) is 105 Å². The Morgan fingerprint density at radius 3 is 2.29 bits per heavy atom. The Kier molecular flexibility index (Phi) is 9.56. The quantitative estimate of drug-likeness (QED) is 0.149. The van der Waals surface area contributed by atoms with Gasteiger partial charge in [0, 0.05) is 17.5 Å². The molecule has 0 bridgehead atoms. The molecule has 1 saturated carbocycles. The maximum atomic E-state index is 12.6. The lowest BCUT2D eigenvalue weighted by atomic mass is 9.80. The molecule has 6 heteroatoms. The minimum Gasteiger partial charge on any atom is -0.458 e. The van der Waals surface area contributed by atoms with Gasteiger partial charge in [-0.15, -0.1) is 0 Å². The molecular formula is C28H36N2O4. The van der Waals surface area contributed by atoms with Gasteiger partial charge < -0.3 is 20.9 Å². The average molecular weight is 465 g/mol. The molecule has 6 nitrogen and oxygen atoms in total. The zero-order valence-electron chi connectivity index (χ0n) is 20.0. The lowest BCUT2D eigenvalue weighted by Gasteiger charge is -2.27. The highest BCUT2D eigenvalue weighted by Crippen LogP contribution is 2.33. The molecule has 1 aliphatic carbocycles. The van der Waals surface area contributed by atoms with Crippen LogP contribution in [-0.4, -0.2) is 11.9 Å². The molecule has 3 rings (SSSR count). The van der Waals surface area contributed by atoms with Crippen LogP contribution >= 0.6 is 0 Å². The van der Waals surface area contributed by atoms with Gasteiger partial charge in [-0.05, 0) is 79.1 Å². The van der Waals surface area contributed by atoms with Gasteiger partial charge in [0.25, 0.3) is 0 Å². The van der Waals surface area contributed by atoms with E-state index in [0.29, 0.717) is 17.1 Å². The maximum absolute atomic E-state index is 12.6. The van der Waals surface area contributed by atoms with E-state index in [1.807, 2.05) is 0 Å². The number of carbonyl (C=O) groups excluding carboxylic acids is 2. The van der Waals surface area contributed by atoms with Gasteiger partial charge in [0.05, 0.1) is 5.92 Å². The van der Waals surface area contributed by atoms with Crippen LogP contribution in [0.1, 0.15) is 69.4 Å². The minimum atomic E-state index is -0.471. The van der Waals surface area contributed by atoms with E-state index < -0.39 is 5.97 Å². The fourth-order valence-electron chi connectivity index (χ4n) is 4.41. The number of hydrogen-bond donors (Lipinski definition) is 2. The Hall–Kier alpha value is -3.28. The number of anilines is 2. The summed E-state index contributed by atoms with van der Waals surface area (Å²) in [5.41, 5.74) is 14.1. The Morgan fingerprint density at radius 2 is 1.65 bits per heavy atom. The van der Waals surface area contributed by atoms with Crippen molar-refractivity contribution in [1.29, 1.82) is 0 Å². The first-order valence-corrected chi connectivity index (χ1v) is 12.2. The molecule has 2 aromatic rings. The normalized spacial score (nSPS) is 18.0. The van der Waals surface area contributed by atoms with Crippen molar-refractivity contribution < 1.29 is 19.1 Å². The summed E-state index contributed by atoms with van der Waals surface area (Å²) < 4.78 is 10.8. The second-order valence-electron chi connectivity index (χ2n) is 9.15. The van der Waals surface area contributed by atoms with Crippen LogP contribution in [0.5, 0.6) is 5.75 Å². The summed E-state index contributed by atoms with van der Waals surface area (Å²) in [4.78, 5) is 24.6. The molecule has 34 heavy (non-hydrogen) atoms. The van der Waals surface area contributed by atoms with Crippen LogP contribution in [-0.2, 0) is 20.9 Å². The standard InChI is InChI=1S/C28H36N2O4/c1-2-3-4-5-20-6-11-23(12-7-20)28(32)34-26-13-8-21(9-14-26)10-15-27(31)33-19-22-16-24(29)18-25(30)17-22/h8-10,13-18,20,23H,2-7,11-12,19,29-30H2,1H3. The van der Waals surface area contributed by atoms with Gasteiger partial charge in [-0.2, -0.15) is 0 Å². The molecule has 0 aliphatic heterocycles. The van der Waals surface area contributed by atoms with E-state index in [2.05, 4.69) is 6.92 Å². The van der Waals surface area contributed by atoms with E-state index in [1.54, 1.807) is 48.5 Å². The Labute approximate surface area is 202 Å². The van der Waals surface area contributed by atoms with Crippen molar-refractivity contribution >= 4 is 29.4 Å². The van der Waals surface area contributed by atoms with Gasteiger partial charge in [0.2, 0.25) is 0 Å².